The molecule has 0 saturated heterocycles. The molecule has 3 nitrogen and oxygen atoms in total. The van der Waals surface area contributed by atoms with E-state index in [1.807, 2.05) is 6.20 Å². The molecule has 1 aromatic carbocycles. The molecule has 0 radical (unpaired) electrons. The Morgan fingerprint density at radius 2 is 1.95 bits per heavy atom. The van der Waals surface area contributed by atoms with E-state index in [1.165, 1.54) is 4.90 Å². The van der Waals surface area contributed by atoms with Crippen LogP contribution < -0.4 is 5.73 Å². The number of hydrogen-bond acceptors (Lipinski definition) is 3. The van der Waals surface area contributed by atoms with Gasteiger partial charge in [-0.15, -0.1) is 11.8 Å². The summed E-state index contributed by atoms with van der Waals surface area (Å²) in [5.41, 5.74) is 8.05. The van der Waals surface area contributed by atoms with Crippen molar-refractivity contribution >= 4 is 11.8 Å². The van der Waals surface area contributed by atoms with Crippen molar-refractivity contribution in [2.24, 2.45) is 11.7 Å². The Kier molecular flexibility index (Phi) is 4.66. The smallest absolute Gasteiger partial charge is 0.111 e. The van der Waals surface area contributed by atoms with Crippen LogP contribution in [0.4, 0.5) is 0 Å². The molecule has 4 heteroatoms. The molecule has 0 spiro atoms. The van der Waals surface area contributed by atoms with Crippen LogP contribution in [-0.2, 0) is 0 Å². The second-order valence-electron chi connectivity index (χ2n) is 5.00. The predicted molar refractivity (Wildman–Crippen MR) is 82.4 cm³/mol. The van der Waals surface area contributed by atoms with Crippen LogP contribution in [0.2, 0.25) is 0 Å². The Morgan fingerprint density at radius 3 is 2.47 bits per heavy atom. The third-order valence-corrected chi connectivity index (χ3v) is 4.15. The highest BCUT2D eigenvalue weighted by Gasteiger charge is 2.17. The molecular formula is C15H21N3S. The van der Waals surface area contributed by atoms with E-state index >= 15 is 0 Å². The number of nitrogens with two attached hydrogens (primary N) is 1. The molecule has 0 aliphatic rings. The summed E-state index contributed by atoms with van der Waals surface area (Å²) in [7, 11) is 0. The maximum atomic E-state index is 5.83. The SMILES string of the molecule is CSc1ccc(-c2cnc(C(CN)C(C)C)[nH]2)cc1. The summed E-state index contributed by atoms with van der Waals surface area (Å²) in [4.78, 5) is 9.16. The van der Waals surface area contributed by atoms with Crippen molar-refractivity contribution in [3.63, 3.8) is 0 Å². The van der Waals surface area contributed by atoms with Gasteiger partial charge >= 0.3 is 0 Å². The molecule has 1 atom stereocenters. The van der Waals surface area contributed by atoms with Gasteiger partial charge < -0.3 is 10.7 Å². The van der Waals surface area contributed by atoms with Crippen LogP contribution in [0.3, 0.4) is 0 Å². The van der Waals surface area contributed by atoms with E-state index in [-0.39, 0.29) is 0 Å². The van der Waals surface area contributed by atoms with E-state index in [4.69, 9.17) is 5.73 Å². The highest BCUT2D eigenvalue weighted by molar-refractivity contribution is 7.98. The minimum Gasteiger partial charge on any atom is -0.342 e. The highest BCUT2D eigenvalue weighted by atomic mass is 32.2. The lowest BCUT2D eigenvalue weighted by Crippen LogP contribution is -2.19. The summed E-state index contributed by atoms with van der Waals surface area (Å²) in [5, 5.41) is 0. The maximum Gasteiger partial charge on any atom is 0.111 e. The average molecular weight is 275 g/mol. The predicted octanol–water partition coefficient (Wildman–Crippen LogP) is 3.50. The molecule has 3 N–H and O–H groups in total. The number of benzene rings is 1. The number of aromatic amines is 1. The number of aromatic nitrogens is 2. The minimum absolute atomic E-state index is 0.291. The van der Waals surface area contributed by atoms with Gasteiger partial charge in [0.25, 0.3) is 0 Å². The summed E-state index contributed by atoms with van der Waals surface area (Å²) >= 11 is 1.75. The number of nitrogens with zero attached hydrogens (tertiary/aromatic N) is 1. The zero-order valence-electron chi connectivity index (χ0n) is 11.7. The second kappa shape index (κ2) is 6.26. The van der Waals surface area contributed by atoms with Gasteiger partial charge in [-0.05, 0) is 29.9 Å². The molecule has 1 aromatic heterocycles. The van der Waals surface area contributed by atoms with E-state index in [1.54, 1.807) is 11.8 Å². The fourth-order valence-electron chi connectivity index (χ4n) is 2.14. The molecule has 0 fully saturated rings. The van der Waals surface area contributed by atoms with Crippen LogP contribution >= 0.6 is 11.8 Å². The molecule has 2 aromatic rings. The van der Waals surface area contributed by atoms with Crippen molar-refractivity contribution in [1.29, 1.82) is 0 Å². The lowest BCUT2D eigenvalue weighted by atomic mass is 9.95. The third-order valence-electron chi connectivity index (χ3n) is 3.41. The monoisotopic (exact) mass is 275 g/mol. The van der Waals surface area contributed by atoms with Crippen molar-refractivity contribution in [3.05, 3.63) is 36.3 Å². The Labute approximate surface area is 119 Å². The van der Waals surface area contributed by atoms with Gasteiger partial charge in [-0.2, -0.15) is 0 Å². The van der Waals surface area contributed by atoms with E-state index < -0.39 is 0 Å². The molecule has 0 saturated carbocycles. The van der Waals surface area contributed by atoms with E-state index in [9.17, 15) is 0 Å². The first kappa shape index (κ1) is 14.2. The Morgan fingerprint density at radius 1 is 1.26 bits per heavy atom. The second-order valence-corrected chi connectivity index (χ2v) is 5.88. The van der Waals surface area contributed by atoms with E-state index in [0.29, 0.717) is 18.4 Å². The molecule has 0 amide bonds. The number of rotatable bonds is 5. The number of thioether (sulfide) groups is 1. The number of imidazole rings is 1. The van der Waals surface area contributed by atoms with Crippen molar-refractivity contribution in [3.8, 4) is 11.3 Å². The summed E-state index contributed by atoms with van der Waals surface area (Å²) in [5.74, 6) is 1.77. The third kappa shape index (κ3) is 3.19. The zero-order valence-corrected chi connectivity index (χ0v) is 12.5. The van der Waals surface area contributed by atoms with Crippen LogP contribution in [0, 0.1) is 5.92 Å². The van der Waals surface area contributed by atoms with E-state index in [2.05, 4.69) is 54.3 Å². The largest absolute Gasteiger partial charge is 0.342 e. The Balaban J connectivity index is 2.24. The molecule has 0 bridgehead atoms. The molecule has 2 rings (SSSR count). The Bertz CT molecular complexity index is 516. The number of hydrogen-bond donors (Lipinski definition) is 2. The summed E-state index contributed by atoms with van der Waals surface area (Å²) in [6, 6.07) is 8.50. The maximum absolute atomic E-state index is 5.83. The fourth-order valence-corrected chi connectivity index (χ4v) is 2.55. The lowest BCUT2D eigenvalue weighted by Gasteiger charge is -2.15. The highest BCUT2D eigenvalue weighted by Crippen LogP contribution is 2.25. The van der Waals surface area contributed by atoms with Crippen LogP contribution in [-0.4, -0.2) is 22.8 Å². The van der Waals surface area contributed by atoms with E-state index in [0.717, 1.165) is 17.1 Å². The Hall–Kier alpha value is -1.26. The zero-order chi connectivity index (χ0) is 13.8. The van der Waals surface area contributed by atoms with Gasteiger partial charge in [0, 0.05) is 17.4 Å². The average Bonchev–Trinajstić information content (AvgIpc) is 2.89. The summed E-state index contributed by atoms with van der Waals surface area (Å²) in [6.45, 7) is 4.97. The topological polar surface area (TPSA) is 54.7 Å². The van der Waals surface area contributed by atoms with Crippen LogP contribution in [0.25, 0.3) is 11.3 Å². The molecule has 0 aliphatic carbocycles. The van der Waals surface area contributed by atoms with Gasteiger partial charge in [0.1, 0.15) is 5.82 Å². The van der Waals surface area contributed by atoms with Crippen molar-refractivity contribution in [1.82, 2.24) is 9.97 Å². The lowest BCUT2D eigenvalue weighted by molar-refractivity contribution is 0.487. The first-order chi connectivity index (χ1) is 9.15. The van der Waals surface area contributed by atoms with Crippen LogP contribution in [0.15, 0.2) is 35.4 Å². The van der Waals surface area contributed by atoms with Crippen LogP contribution in [0.5, 0.6) is 0 Å². The molecule has 1 heterocycles. The first-order valence-electron chi connectivity index (χ1n) is 6.55. The van der Waals surface area contributed by atoms with Crippen molar-refractivity contribution in [2.75, 3.05) is 12.8 Å². The minimum atomic E-state index is 0.291. The van der Waals surface area contributed by atoms with Crippen LogP contribution in [0.1, 0.15) is 25.6 Å². The van der Waals surface area contributed by atoms with Gasteiger partial charge in [0.15, 0.2) is 0 Å². The molecule has 102 valence electrons. The molecule has 0 aliphatic heterocycles. The van der Waals surface area contributed by atoms with Gasteiger partial charge in [-0.25, -0.2) is 4.98 Å². The van der Waals surface area contributed by atoms with Crippen molar-refractivity contribution < 1.29 is 0 Å². The van der Waals surface area contributed by atoms with Gasteiger partial charge in [-0.1, -0.05) is 26.0 Å². The first-order valence-corrected chi connectivity index (χ1v) is 7.77. The molecule has 1 unspecified atom stereocenters. The number of H-pyrrole nitrogens is 1. The quantitative estimate of drug-likeness (QED) is 0.821. The fraction of sp³-hybridized carbons (Fsp3) is 0.400. The molecular weight excluding hydrogens is 254 g/mol. The normalized spacial score (nSPS) is 12.9. The summed E-state index contributed by atoms with van der Waals surface area (Å²) in [6.07, 6.45) is 3.98. The van der Waals surface area contributed by atoms with Gasteiger partial charge in [0.05, 0.1) is 11.9 Å². The molecule has 19 heavy (non-hydrogen) atoms. The van der Waals surface area contributed by atoms with Gasteiger partial charge in [0.2, 0.25) is 0 Å². The standard InChI is InChI=1S/C15H21N3S/c1-10(2)13(8-16)15-17-9-14(18-15)11-4-6-12(19-3)7-5-11/h4-7,9-10,13H,8,16H2,1-3H3,(H,17,18). The van der Waals surface area contributed by atoms with Gasteiger partial charge in [-0.3, -0.25) is 0 Å². The summed E-state index contributed by atoms with van der Waals surface area (Å²) < 4.78 is 0. The number of nitrogens with one attached hydrogen (secondary N) is 1. The van der Waals surface area contributed by atoms with Crippen molar-refractivity contribution in [2.45, 2.75) is 24.7 Å².